The van der Waals surface area contributed by atoms with E-state index in [1.807, 2.05) is 18.2 Å². The van der Waals surface area contributed by atoms with Crippen LogP contribution in [0.1, 0.15) is 5.69 Å². The molecule has 1 aliphatic heterocycles. The molecule has 0 aromatic carbocycles. The predicted molar refractivity (Wildman–Crippen MR) is 73.8 cm³/mol. The molecule has 1 aromatic heterocycles. The lowest BCUT2D eigenvalue weighted by molar-refractivity contribution is 0.157. The fraction of sp³-hybridized carbons (Fsp3) is 0.538. The Morgan fingerprint density at radius 2 is 2.11 bits per heavy atom. The van der Waals surface area contributed by atoms with Gasteiger partial charge in [0.25, 0.3) is 0 Å². The highest BCUT2D eigenvalue weighted by Crippen LogP contribution is 1.99. The number of piperazine rings is 1. The minimum atomic E-state index is 0.532. The van der Waals surface area contributed by atoms with Gasteiger partial charge in [0.1, 0.15) is 11.5 Å². The third kappa shape index (κ3) is 3.78. The number of nitrogens with zero attached hydrogens (tertiary/aromatic N) is 4. The lowest BCUT2D eigenvalue weighted by atomic mass is 10.3. The molecule has 2 rings (SSSR count). The van der Waals surface area contributed by atoms with E-state index in [2.05, 4.69) is 26.8 Å². The maximum absolute atomic E-state index is 5.89. The van der Waals surface area contributed by atoms with Crippen LogP contribution in [0.5, 0.6) is 0 Å². The number of nitrogens with two attached hydrogens (primary N) is 1. The van der Waals surface area contributed by atoms with Crippen LogP contribution in [0.15, 0.2) is 29.4 Å². The Labute approximate surface area is 108 Å². The molecule has 98 valence electrons. The summed E-state index contributed by atoms with van der Waals surface area (Å²) in [5.74, 6) is 0.532. The van der Waals surface area contributed by atoms with Crippen molar-refractivity contribution in [3.8, 4) is 0 Å². The standard InChI is InChI=1S/C13H21N5/c1-17-8-10-18(11-9-17)7-6-16-13(14)12-4-2-3-5-15-12/h2-5H,6-11H2,1H3,(H2,14,16). The van der Waals surface area contributed by atoms with Crippen LogP contribution in [0.3, 0.4) is 0 Å². The van der Waals surface area contributed by atoms with Crippen molar-refractivity contribution in [1.29, 1.82) is 0 Å². The second-order valence-corrected chi connectivity index (χ2v) is 4.63. The first-order chi connectivity index (χ1) is 8.75. The third-order valence-electron chi connectivity index (χ3n) is 3.22. The summed E-state index contributed by atoms with van der Waals surface area (Å²) in [6.07, 6.45) is 1.73. The first-order valence-corrected chi connectivity index (χ1v) is 6.38. The lowest BCUT2D eigenvalue weighted by Gasteiger charge is -2.31. The van der Waals surface area contributed by atoms with Crippen LogP contribution < -0.4 is 5.73 Å². The largest absolute Gasteiger partial charge is 0.382 e. The summed E-state index contributed by atoms with van der Waals surface area (Å²) in [7, 11) is 2.16. The Morgan fingerprint density at radius 1 is 1.33 bits per heavy atom. The molecule has 2 N–H and O–H groups in total. The molecule has 1 aromatic rings. The van der Waals surface area contributed by atoms with Crippen LogP contribution in [-0.2, 0) is 0 Å². The average molecular weight is 247 g/mol. The molecule has 0 aliphatic carbocycles. The highest BCUT2D eigenvalue weighted by Gasteiger charge is 2.12. The second kappa shape index (κ2) is 6.47. The Bertz CT molecular complexity index is 382. The maximum Gasteiger partial charge on any atom is 0.144 e. The first kappa shape index (κ1) is 13.0. The fourth-order valence-corrected chi connectivity index (χ4v) is 1.98. The SMILES string of the molecule is CN1CCN(CCN=C(N)c2ccccn2)CC1. The Balaban J connectivity index is 1.77. The Kier molecular flexibility index (Phi) is 4.66. The predicted octanol–water partition coefficient (Wildman–Crippen LogP) is 0.0343. The van der Waals surface area contributed by atoms with Gasteiger partial charge < -0.3 is 10.6 Å². The van der Waals surface area contributed by atoms with E-state index < -0.39 is 0 Å². The molecule has 0 radical (unpaired) electrons. The zero-order valence-corrected chi connectivity index (χ0v) is 10.9. The molecule has 2 heterocycles. The van der Waals surface area contributed by atoms with Crippen LogP contribution in [0.2, 0.25) is 0 Å². The van der Waals surface area contributed by atoms with E-state index in [0.717, 1.165) is 45.0 Å². The molecule has 1 aliphatic rings. The zero-order chi connectivity index (χ0) is 12.8. The van der Waals surface area contributed by atoms with E-state index in [0.29, 0.717) is 5.84 Å². The van der Waals surface area contributed by atoms with Crippen molar-refractivity contribution in [3.05, 3.63) is 30.1 Å². The number of hydrogen-bond donors (Lipinski definition) is 1. The maximum atomic E-state index is 5.89. The lowest BCUT2D eigenvalue weighted by Crippen LogP contribution is -2.45. The summed E-state index contributed by atoms with van der Waals surface area (Å²) in [6, 6.07) is 5.68. The molecule has 0 atom stereocenters. The molecule has 5 nitrogen and oxygen atoms in total. The van der Waals surface area contributed by atoms with Crippen molar-refractivity contribution in [2.45, 2.75) is 0 Å². The third-order valence-corrected chi connectivity index (χ3v) is 3.22. The summed E-state index contributed by atoms with van der Waals surface area (Å²) in [6.45, 7) is 6.23. The summed E-state index contributed by atoms with van der Waals surface area (Å²) in [5, 5.41) is 0. The van der Waals surface area contributed by atoms with Crippen molar-refractivity contribution in [2.75, 3.05) is 46.3 Å². The van der Waals surface area contributed by atoms with Crippen molar-refractivity contribution in [1.82, 2.24) is 14.8 Å². The molecular formula is C13H21N5. The van der Waals surface area contributed by atoms with Gasteiger partial charge in [0.2, 0.25) is 0 Å². The second-order valence-electron chi connectivity index (χ2n) is 4.63. The number of amidine groups is 1. The van der Waals surface area contributed by atoms with Crippen molar-refractivity contribution in [2.24, 2.45) is 10.7 Å². The number of rotatable bonds is 4. The van der Waals surface area contributed by atoms with E-state index in [1.165, 1.54) is 0 Å². The summed E-state index contributed by atoms with van der Waals surface area (Å²) in [4.78, 5) is 13.3. The van der Waals surface area contributed by atoms with Crippen molar-refractivity contribution < 1.29 is 0 Å². The monoisotopic (exact) mass is 247 g/mol. The summed E-state index contributed by atoms with van der Waals surface area (Å²) in [5.41, 5.74) is 6.65. The molecule has 0 saturated carbocycles. The molecule has 0 unspecified atom stereocenters. The number of aromatic nitrogens is 1. The molecule has 0 amide bonds. The number of pyridine rings is 1. The topological polar surface area (TPSA) is 57.8 Å². The van der Waals surface area contributed by atoms with Crippen LogP contribution in [-0.4, -0.2) is 66.9 Å². The van der Waals surface area contributed by atoms with E-state index >= 15 is 0 Å². The Morgan fingerprint density at radius 3 is 2.78 bits per heavy atom. The summed E-state index contributed by atoms with van der Waals surface area (Å²) < 4.78 is 0. The van der Waals surface area contributed by atoms with Gasteiger partial charge in [0.05, 0.1) is 6.54 Å². The molecule has 1 fully saturated rings. The molecule has 5 heteroatoms. The van der Waals surface area contributed by atoms with Gasteiger partial charge in [-0.3, -0.25) is 14.9 Å². The minimum Gasteiger partial charge on any atom is -0.382 e. The fourth-order valence-electron chi connectivity index (χ4n) is 1.98. The van der Waals surface area contributed by atoms with Gasteiger partial charge in [-0.15, -0.1) is 0 Å². The van der Waals surface area contributed by atoms with Crippen molar-refractivity contribution >= 4 is 5.84 Å². The first-order valence-electron chi connectivity index (χ1n) is 6.38. The van der Waals surface area contributed by atoms with E-state index in [4.69, 9.17) is 5.73 Å². The molecule has 18 heavy (non-hydrogen) atoms. The zero-order valence-electron chi connectivity index (χ0n) is 10.9. The molecule has 0 bridgehead atoms. The molecule has 1 saturated heterocycles. The minimum absolute atomic E-state index is 0.532. The quantitative estimate of drug-likeness (QED) is 0.602. The van der Waals surface area contributed by atoms with Crippen LogP contribution in [0, 0.1) is 0 Å². The van der Waals surface area contributed by atoms with E-state index in [1.54, 1.807) is 6.20 Å². The number of likely N-dealkylation sites (N-methyl/N-ethyl adjacent to an activating group) is 1. The van der Waals surface area contributed by atoms with Gasteiger partial charge in [-0.05, 0) is 19.2 Å². The van der Waals surface area contributed by atoms with Gasteiger partial charge in [0, 0.05) is 38.9 Å². The van der Waals surface area contributed by atoms with Crippen LogP contribution >= 0.6 is 0 Å². The van der Waals surface area contributed by atoms with Gasteiger partial charge in [-0.25, -0.2) is 0 Å². The van der Waals surface area contributed by atoms with Gasteiger partial charge >= 0.3 is 0 Å². The highest BCUT2D eigenvalue weighted by atomic mass is 15.2. The number of hydrogen-bond acceptors (Lipinski definition) is 4. The van der Waals surface area contributed by atoms with Gasteiger partial charge in [-0.2, -0.15) is 0 Å². The van der Waals surface area contributed by atoms with Gasteiger partial charge in [-0.1, -0.05) is 6.07 Å². The normalized spacial score (nSPS) is 19.1. The molecule has 0 spiro atoms. The van der Waals surface area contributed by atoms with E-state index in [-0.39, 0.29) is 0 Å². The van der Waals surface area contributed by atoms with Crippen LogP contribution in [0.25, 0.3) is 0 Å². The smallest absolute Gasteiger partial charge is 0.144 e. The highest BCUT2D eigenvalue weighted by molar-refractivity contribution is 5.95. The molecular weight excluding hydrogens is 226 g/mol. The number of aliphatic imine (C=N–C) groups is 1. The van der Waals surface area contributed by atoms with Crippen LogP contribution in [0.4, 0.5) is 0 Å². The average Bonchev–Trinajstić information content (AvgIpc) is 2.42. The van der Waals surface area contributed by atoms with Gasteiger partial charge in [0.15, 0.2) is 0 Å². The summed E-state index contributed by atoms with van der Waals surface area (Å²) >= 11 is 0. The van der Waals surface area contributed by atoms with Crippen molar-refractivity contribution in [3.63, 3.8) is 0 Å². The van der Waals surface area contributed by atoms with E-state index in [9.17, 15) is 0 Å². The Hall–Kier alpha value is -1.46.